The van der Waals surface area contributed by atoms with E-state index in [0.29, 0.717) is 18.8 Å². The summed E-state index contributed by atoms with van der Waals surface area (Å²) in [7, 11) is 6.16. The predicted octanol–water partition coefficient (Wildman–Crippen LogP) is 1.67. The highest BCUT2D eigenvalue weighted by atomic mass is 16.7. The third-order valence-electron chi connectivity index (χ3n) is 4.28. The van der Waals surface area contributed by atoms with Crippen molar-refractivity contribution in [2.24, 2.45) is 0 Å². The second-order valence-corrected chi connectivity index (χ2v) is 7.43. The summed E-state index contributed by atoms with van der Waals surface area (Å²) in [5.74, 6) is 0.308. The number of rotatable bonds is 5. The fourth-order valence-electron chi connectivity index (χ4n) is 2.82. The highest BCUT2D eigenvalue weighted by molar-refractivity contribution is 5.54. The second kappa shape index (κ2) is 10.1. The number of aliphatic hydroxyl groups is 1. The van der Waals surface area contributed by atoms with Gasteiger partial charge in [-0.2, -0.15) is 0 Å². The molecule has 146 valence electrons. The zero-order valence-electron chi connectivity index (χ0n) is 15.6. The molecule has 26 heavy (non-hydrogen) atoms. The normalized spacial score (nSPS) is 19.8. The molecule has 0 unspecified atom stereocenters. The Kier molecular flexibility index (Phi) is 8.47. The molecule has 1 saturated carbocycles. The molecule has 0 atom stereocenters. The molecule has 1 aliphatic carbocycles. The summed E-state index contributed by atoms with van der Waals surface area (Å²) in [6, 6.07) is 6.53. The second-order valence-electron chi connectivity index (χ2n) is 7.43. The molecule has 0 bridgehead atoms. The molecule has 0 aliphatic heterocycles. The topological polar surface area (TPSA) is 113 Å². The van der Waals surface area contributed by atoms with Crippen molar-refractivity contribution in [3.63, 3.8) is 0 Å². The minimum Gasteiger partial charge on any atom is -0.546 e. The van der Waals surface area contributed by atoms with Gasteiger partial charge in [-0.05, 0) is 37.2 Å². The molecule has 0 aromatic heterocycles. The van der Waals surface area contributed by atoms with Crippen molar-refractivity contribution < 1.29 is 29.2 Å². The first-order chi connectivity index (χ1) is 12.1. The number of likely N-dealkylation sites (N-methyl/N-ethyl adjacent to an activating group) is 1. The summed E-state index contributed by atoms with van der Waals surface area (Å²) in [4.78, 5) is 20.5. The Balaban J connectivity index is 0.000000412. The zero-order chi connectivity index (χ0) is 19.7. The molecule has 8 nitrogen and oxygen atoms in total. The highest BCUT2D eigenvalue weighted by Gasteiger charge is 2.22. The van der Waals surface area contributed by atoms with E-state index >= 15 is 0 Å². The largest absolute Gasteiger partial charge is 0.546 e. The number of hydrogen-bond donors (Lipinski definition) is 1. The molecule has 8 heteroatoms. The van der Waals surface area contributed by atoms with Gasteiger partial charge in [-0.3, -0.25) is 10.1 Å². The van der Waals surface area contributed by atoms with Crippen LogP contribution in [0.5, 0.6) is 0 Å². The van der Waals surface area contributed by atoms with Gasteiger partial charge in [0.1, 0.15) is 6.54 Å². The maximum atomic E-state index is 10.6. The van der Waals surface area contributed by atoms with Crippen molar-refractivity contribution in [3.05, 3.63) is 39.9 Å². The van der Waals surface area contributed by atoms with Crippen molar-refractivity contribution in [1.82, 2.24) is 0 Å². The van der Waals surface area contributed by atoms with E-state index in [1.165, 1.54) is 12.1 Å². The summed E-state index contributed by atoms with van der Waals surface area (Å²) in [6.07, 6.45) is 1.20. The molecule has 1 N–H and O–H groups in total. The number of aliphatic hydroxyl groups excluding tert-OH is 1. The number of quaternary nitrogens is 1. The Hall–Kier alpha value is -2.19. The van der Waals surface area contributed by atoms with Crippen LogP contribution in [-0.2, 0) is 4.74 Å². The van der Waals surface area contributed by atoms with E-state index in [0.717, 1.165) is 29.4 Å². The van der Waals surface area contributed by atoms with Crippen molar-refractivity contribution in [2.75, 3.05) is 34.3 Å². The molecule has 1 aliphatic rings. The summed E-state index contributed by atoms with van der Waals surface area (Å²) in [6.45, 7) is 1.11. The van der Waals surface area contributed by atoms with Gasteiger partial charge in [-0.1, -0.05) is 12.1 Å². The van der Waals surface area contributed by atoms with Crippen LogP contribution in [0.1, 0.15) is 37.2 Å². The summed E-state index contributed by atoms with van der Waals surface area (Å²) in [5.41, 5.74) is 1.13. The smallest absolute Gasteiger partial charge is 0.269 e. The Morgan fingerprint density at radius 1 is 1.19 bits per heavy atom. The van der Waals surface area contributed by atoms with Crippen LogP contribution in [0, 0.1) is 10.1 Å². The van der Waals surface area contributed by atoms with Gasteiger partial charge in [0, 0.05) is 18.2 Å². The number of ether oxygens (including phenoxy) is 1. The van der Waals surface area contributed by atoms with Crippen LogP contribution in [0.15, 0.2) is 24.3 Å². The van der Waals surface area contributed by atoms with E-state index in [1.807, 2.05) is 0 Å². The van der Waals surface area contributed by atoms with Gasteiger partial charge < -0.3 is 24.2 Å². The SMILES string of the molecule is C[N+](C)(C)CCO.O=C([O-])OC1CCC(c2ccc([N+](=O)[O-])cc2)CC1. The van der Waals surface area contributed by atoms with Crippen LogP contribution in [-0.4, -0.2) is 61.1 Å². The van der Waals surface area contributed by atoms with Crippen LogP contribution in [0.2, 0.25) is 0 Å². The van der Waals surface area contributed by atoms with Crippen LogP contribution in [0.25, 0.3) is 0 Å². The molecule has 1 fully saturated rings. The molecule has 2 rings (SSSR count). The quantitative estimate of drug-likeness (QED) is 0.366. The van der Waals surface area contributed by atoms with Crippen LogP contribution >= 0.6 is 0 Å². The number of non-ortho nitro benzene ring substituents is 1. The number of carboxylic acid groups (broad SMARTS) is 1. The molecule has 0 heterocycles. The Bertz CT molecular complexity index is 574. The van der Waals surface area contributed by atoms with Crippen LogP contribution < -0.4 is 5.11 Å². The molecule has 0 amide bonds. The Morgan fingerprint density at radius 2 is 1.73 bits per heavy atom. The minimum absolute atomic E-state index is 0.0812. The van der Waals surface area contributed by atoms with E-state index in [2.05, 4.69) is 25.9 Å². The number of nitrogens with zero attached hydrogens (tertiary/aromatic N) is 2. The standard InChI is InChI=1S/C13H15NO5.C5H14NO/c15-13(16)19-12-7-3-10(4-8-12)9-1-5-11(6-2-9)14(17)18;1-6(2,3)4-5-7/h1-2,5-6,10,12H,3-4,7-8H2,(H,15,16);7H,4-5H2,1-3H3/q;+1/p-1. The molecular weight excluding hydrogens is 340 g/mol. The Morgan fingerprint density at radius 3 is 2.08 bits per heavy atom. The third kappa shape index (κ3) is 8.26. The number of hydrogen-bond acceptors (Lipinski definition) is 6. The average Bonchev–Trinajstić information content (AvgIpc) is 2.54. The van der Waals surface area contributed by atoms with Crippen LogP contribution in [0.3, 0.4) is 0 Å². The average molecular weight is 368 g/mol. The van der Waals surface area contributed by atoms with E-state index in [1.54, 1.807) is 12.1 Å². The maximum Gasteiger partial charge on any atom is 0.269 e. The lowest BCUT2D eigenvalue weighted by molar-refractivity contribution is -0.870. The van der Waals surface area contributed by atoms with Crippen molar-refractivity contribution in [2.45, 2.75) is 37.7 Å². The van der Waals surface area contributed by atoms with E-state index in [-0.39, 0.29) is 18.4 Å². The van der Waals surface area contributed by atoms with Gasteiger partial charge in [0.15, 0.2) is 0 Å². The monoisotopic (exact) mass is 368 g/mol. The van der Waals surface area contributed by atoms with Crippen molar-refractivity contribution in [3.8, 4) is 0 Å². The number of carbonyl (C=O) groups is 1. The number of nitro groups is 1. The lowest BCUT2D eigenvalue weighted by atomic mass is 9.83. The Labute approximate surface area is 153 Å². The van der Waals surface area contributed by atoms with Gasteiger partial charge in [-0.25, -0.2) is 0 Å². The fourth-order valence-corrected chi connectivity index (χ4v) is 2.82. The minimum atomic E-state index is -1.47. The van der Waals surface area contributed by atoms with Gasteiger partial charge >= 0.3 is 0 Å². The van der Waals surface area contributed by atoms with Crippen LogP contribution in [0.4, 0.5) is 10.5 Å². The fraction of sp³-hybridized carbons (Fsp3) is 0.611. The van der Waals surface area contributed by atoms with E-state index in [9.17, 15) is 20.0 Å². The van der Waals surface area contributed by atoms with Gasteiger partial charge in [0.2, 0.25) is 0 Å². The first kappa shape index (κ1) is 21.9. The molecular formula is C18H28N2O6. The molecule has 0 saturated heterocycles. The van der Waals surface area contributed by atoms with E-state index < -0.39 is 11.1 Å². The maximum absolute atomic E-state index is 10.6. The van der Waals surface area contributed by atoms with Crippen molar-refractivity contribution >= 4 is 11.8 Å². The molecule has 1 aromatic rings. The van der Waals surface area contributed by atoms with Gasteiger partial charge in [0.05, 0.1) is 32.7 Å². The summed E-state index contributed by atoms with van der Waals surface area (Å²) in [5, 5.41) is 29.3. The third-order valence-corrected chi connectivity index (χ3v) is 4.28. The summed E-state index contributed by atoms with van der Waals surface area (Å²) >= 11 is 0. The number of carbonyl (C=O) groups excluding carboxylic acids is 1. The number of nitro benzene ring substituents is 1. The summed E-state index contributed by atoms with van der Waals surface area (Å²) < 4.78 is 5.49. The number of benzene rings is 1. The highest BCUT2D eigenvalue weighted by Crippen LogP contribution is 2.34. The molecule has 1 aromatic carbocycles. The van der Waals surface area contributed by atoms with Gasteiger partial charge in [0.25, 0.3) is 11.8 Å². The van der Waals surface area contributed by atoms with Gasteiger partial charge in [-0.15, -0.1) is 0 Å². The zero-order valence-corrected chi connectivity index (χ0v) is 15.6. The molecule has 0 radical (unpaired) electrons. The lowest BCUT2D eigenvalue weighted by Gasteiger charge is -2.31. The lowest BCUT2D eigenvalue weighted by Crippen LogP contribution is -2.36. The first-order valence-corrected chi connectivity index (χ1v) is 8.65. The van der Waals surface area contributed by atoms with E-state index in [4.69, 9.17) is 5.11 Å². The predicted molar refractivity (Wildman–Crippen MR) is 94.6 cm³/mol. The van der Waals surface area contributed by atoms with Crippen molar-refractivity contribution in [1.29, 1.82) is 0 Å². The molecule has 0 spiro atoms. The first-order valence-electron chi connectivity index (χ1n) is 8.65.